The lowest BCUT2D eigenvalue weighted by molar-refractivity contribution is 0.0873. The van der Waals surface area contributed by atoms with Crippen molar-refractivity contribution in [1.29, 1.82) is 0 Å². The Kier molecular flexibility index (Phi) is 4.43. The predicted octanol–water partition coefficient (Wildman–Crippen LogP) is 5.10. The minimum absolute atomic E-state index is 0.0929. The molecule has 0 saturated heterocycles. The van der Waals surface area contributed by atoms with E-state index < -0.39 is 5.82 Å². The van der Waals surface area contributed by atoms with Crippen LogP contribution < -0.4 is 9.47 Å². The van der Waals surface area contributed by atoms with Gasteiger partial charge in [0.05, 0.1) is 20.1 Å². The fourth-order valence-corrected chi connectivity index (χ4v) is 4.78. The minimum atomic E-state index is -0.411. The molecule has 0 N–H and O–H groups in total. The highest BCUT2D eigenvalue weighted by Crippen LogP contribution is 2.52. The summed E-state index contributed by atoms with van der Waals surface area (Å²) in [5.41, 5.74) is 2.62. The van der Waals surface area contributed by atoms with E-state index in [1.807, 2.05) is 24.3 Å². The molecule has 0 amide bonds. The van der Waals surface area contributed by atoms with E-state index in [1.54, 1.807) is 13.2 Å². The van der Waals surface area contributed by atoms with E-state index in [1.165, 1.54) is 13.2 Å². The van der Waals surface area contributed by atoms with Crippen LogP contribution in [0.5, 0.6) is 11.5 Å². The van der Waals surface area contributed by atoms with Gasteiger partial charge in [0.25, 0.3) is 0 Å². The van der Waals surface area contributed by atoms with Gasteiger partial charge in [0.2, 0.25) is 0 Å². The van der Waals surface area contributed by atoms with Gasteiger partial charge in [0.15, 0.2) is 17.3 Å². The number of ether oxygens (including phenoxy) is 2. The average molecular weight is 354 g/mol. The van der Waals surface area contributed by atoms with E-state index >= 15 is 0 Å². The van der Waals surface area contributed by atoms with Crippen LogP contribution in [0.3, 0.4) is 0 Å². The summed E-state index contributed by atoms with van der Waals surface area (Å²) in [6.45, 7) is 0. The summed E-state index contributed by atoms with van der Waals surface area (Å²) in [7, 11) is 3.10. The van der Waals surface area contributed by atoms with Crippen LogP contribution in [-0.4, -0.2) is 20.0 Å². The zero-order valence-electron chi connectivity index (χ0n) is 15.1. The second-order valence-electron chi connectivity index (χ2n) is 7.24. The van der Waals surface area contributed by atoms with Gasteiger partial charge >= 0.3 is 0 Å². The third-order valence-corrected chi connectivity index (χ3v) is 5.99. The maximum Gasteiger partial charge on any atom is 0.170 e. The largest absolute Gasteiger partial charge is 0.497 e. The molecule has 3 nitrogen and oxygen atoms in total. The fourth-order valence-electron chi connectivity index (χ4n) is 4.78. The van der Waals surface area contributed by atoms with Crippen LogP contribution in [0, 0.1) is 11.7 Å². The number of benzene rings is 2. The van der Waals surface area contributed by atoms with E-state index in [0.29, 0.717) is 5.92 Å². The number of fused-ring (bicyclic) bond motifs is 3. The summed E-state index contributed by atoms with van der Waals surface area (Å²) < 4.78 is 24.7. The molecule has 2 aliphatic rings. The number of ketones is 1. The molecule has 2 aromatic rings. The molecule has 0 heterocycles. The van der Waals surface area contributed by atoms with Crippen molar-refractivity contribution in [3.63, 3.8) is 0 Å². The monoisotopic (exact) mass is 354 g/mol. The Balaban J connectivity index is 1.82. The molecule has 0 radical (unpaired) electrons. The molecule has 1 unspecified atom stereocenters. The van der Waals surface area contributed by atoms with Crippen molar-refractivity contribution in [3.8, 4) is 11.5 Å². The van der Waals surface area contributed by atoms with Gasteiger partial charge in [-0.05, 0) is 66.1 Å². The highest BCUT2D eigenvalue weighted by Gasteiger charge is 2.43. The van der Waals surface area contributed by atoms with Gasteiger partial charge in [-0.25, -0.2) is 4.39 Å². The number of hydrogen-bond acceptors (Lipinski definition) is 3. The highest BCUT2D eigenvalue weighted by molar-refractivity contribution is 6.04. The van der Waals surface area contributed by atoms with Gasteiger partial charge in [-0.15, -0.1) is 0 Å². The van der Waals surface area contributed by atoms with Gasteiger partial charge in [-0.1, -0.05) is 18.9 Å². The first-order chi connectivity index (χ1) is 12.6. The summed E-state index contributed by atoms with van der Waals surface area (Å²) in [5.74, 6) is 0.921. The van der Waals surface area contributed by atoms with Crippen molar-refractivity contribution in [2.75, 3.05) is 14.2 Å². The zero-order valence-corrected chi connectivity index (χ0v) is 15.1. The summed E-state index contributed by atoms with van der Waals surface area (Å²) in [6, 6.07) is 10.7. The van der Waals surface area contributed by atoms with Crippen LogP contribution in [0.1, 0.15) is 59.0 Å². The van der Waals surface area contributed by atoms with Crippen molar-refractivity contribution >= 4 is 5.78 Å². The van der Waals surface area contributed by atoms with E-state index in [2.05, 4.69) is 0 Å². The highest BCUT2D eigenvalue weighted by atomic mass is 19.1. The molecule has 0 bridgehead atoms. The number of carbonyl (C=O) groups is 1. The smallest absolute Gasteiger partial charge is 0.170 e. The first-order valence-corrected chi connectivity index (χ1v) is 9.19. The van der Waals surface area contributed by atoms with Crippen LogP contribution in [0.15, 0.2) is 36.4 Å². The van der Waals surface area contributed by atoms with Crippen molar-refractivity contribution in [2.45, 2.75) is 37.5 Å². The van der Waals surface area contributed by atoms with Crippen LogP contribution >= 0.6 is 0 Å². The van der Waals surface area contributed by atoms with Crippen LogP contribution in [0.4, 0.5) is 4.39 Å². The van der Waals surface area contributed by atoms with Gasteiger partial charge in [0.1, 0.15) is 5.75 Å². The molecule has 2 aromatic carbocycles. The second kappa shape index (κ2) is 6.75. The summed E-state index contributed by atoms with van der Waals surface area (Å²) >= 11 is 0. The number of methoxy groups -OCH3 is 2. The Hall–Kier alpha value is -2.36. The molecule has 2 aliphatic carbocycles. The molecule has 4 rings (SSSR count). The molecule has 26 heavy (non-hydrogen) atoms. The summed E-state index contributed by atoms with van der Waals surface area (Å²) in [6.07, 6.45) is 4.33. The van der Waals surface area contributed by atoms with Crippen LogP contribution in [-0.2, 0) is 0 Å². The van der Waals surface area contributed by atoms with E-state index in [4.69, 9.17) is 9.47 Å². The molecular weight excluding hydrogens is 331 g/mol. The Morgan fingerprint density at radius 1 is 1.00 bits per heavy atom. The molecule has 1 fully saturated rings. The van der Waals surface area contributed by atoms with Gasteiger partial charge in [0, 0.05) is 5.56 Å². The van der Waals surface area contributed by atoms with E-state index in [-0.39, 0.29) is 23.4 Å². The van der Waals surface area contributed by atoms with Gasteiger partial charge in [-0.3, -0.25) is 4.79 Å². The Morgan fingerprint density at radius 2 is 1.81 bits per heavy atom. The average Bonchev–Trinajstić information content (AvgIpc) is 2.68. The lowest BCUT2D eigenvalue weighted by atomic mass is 9.61. The topological polar surface area (TPSA) is 35.5 Å². The quantitative estimate of drug-likeness (QED) is 0.769. The number of halogens is 1. The lowest BCUT2D eigenvalue weighted by Crippen LogP contribution is -2.35. The zero-order chi connectivity index (χ0) is 18.3. The van der Waals surface area contributed by atoms with Gasteiger partial charge in [-0.2, -0.15) is 0 Å². The molecule has 3 atom stereocenters. The maximum atomic E-state index is 14.3. The first kappa shape index (κ1) is 17.1. The Labute approximate surface area is 153 Å². The molecule has 0 aromatic heterocycles. The van der Waals surface area contributed by atoms with Crippen LogP contribution in [0.25, 0.3) is 0 Å². The van der Waals surface area contributed by atoms with Crippen molar-refractivity contribution in [3.05, 3.63) is 58.9 Å². The number of carbonyl (C=O) groups excluding carboxylic acids is 1. The third kappa shape index (κ3) is 2.68. The summed E-state index contributed by atoms with van der Waals surface area (Å²) in [4.78, 5) is 13.3. The second-order valence-corrected chi connectivity index (χ2v) is 7.24. The molecule has 136 valence electrons. The van der Waals surface area contributed by atoms with Gasteiger partial charge < -0.3 is 9.47 Å². The number of rotatable bonds is 3. The molecule has 4 heteroatoms. The normalized spacial score (nSPS) is 24.6. The fraction of sp³-hybridized carbons (Fsp3) is 0.409. The molecule has 1 saturated carbocycles. The minimum Gasteiger partial charge on any atom is -0.497 e. The van der Waals surface area contributed by atoms with Crippen molar-refractivity contribution < 1.29 is 18.7 Å². The Bertz CT molecular complexity index is 845. The molecular formula is C22H23FO3. The van der Waals surface area contributed by atoms with Crippen molar-refractivity contribution in [1.82, 2.24) is 0 Å². The van der Waals surface area contributed by atoms with Crippen molar-refractivity contribution in [2.24, 2.45) is 5.92 Å². The first-order valence-electron chi connectivity index (χ1n) is 9.19. The number of Topliss-reactive ketones (excluding diaryl/α,β-unsaturated/α-hetero) is 1. The Morgan fingerprint density at radius 3 is 2.54 bits per heavy atom. The molecule has 0 spiro atoms. The third-order valence-electron chi connectivity index (χ3n) is 5.99. The summed E-state index contributed by atoms with van der Waals surface area (Å²) in [5, 5.41) is 0. The number of hydrogen-bond donors (Lipinski definition) is 0. The SMILES string of the molecule is COc1ccc2c(c1)[C@@H]1CCCC[C@@H]1C(c1ccc(OC)c(F)c1)C2=O. The predicted molar refractivity (Wildman–Crippen MR) is 97.7 cm³/mol. The lowest BCUT2D eigenvalue weighted by Gasteiger charge is -2.42. The standard InChI is InChI=1S/C22H23FO3/c1-25-14-8-9-17-18(12-14)15-5-3-4-6-16(15)21(22(17)24)13-7-10-20(26-2)19(23)11-13/h7-12,15-16,21H,3-6H2,1-2H3/t15-,16+,21?/m1/s1. The van der Waals surface area contributed by atoms with E-state index in [9.17, 15) is 9.18 Å². The maximum absolute atomic E-state index is 14.3. The van der Waals surface area contributed by atoms with E-state index in [0.717, 1.165) is 48.1 Å². The molecule has 0 aliphatic heterocycles. The van der Waals surface area contributed by atoms with Crippen LogP contribution in [0.2, 0.25) is 0 Å².